The normalized spacial score (nSPS) is 10.8. The monoisotopic (exact) mass is 461 g/mol. The second kappa shape index (κ2) is 12.5. The van der Waals surface area contributed by atoms with Crippen LogP contribution in [0.3, 0.4) is 0 Å². The van der Waals surface area contributed by atoms with Crippen LogP contribution in [0.5, 0.6) is 0 Å². The van der Waals surface area contributed by atoms with Crippen molar-refractivity contribution in [2.75, 3.05) is 57.0 Å². The fourth-order valence-electron chi connectivity index (χ4n) is 3.31. The van der Waals surface area contributed by atoms with Gasteiger partial charge >= 0.3 is 7.32 Å². The molecule has 0 aromatic heterocycles. The SMILES string of the molecule is CN(C)c1ccc(COB(OCc2ccc(N(C)C)cc2)OCc2ccc(N(C)C)cc2)cc1. The Balaban J connectivity index is 1.61. The van der Waals surface area contributed by atoms with E-state index in [0.717, 1.165) is 33.8 Å². The summed E-state index contributed by atoms with van der Waals surface area (Å²) < 4.78 is 18.1. The van der Waals surface area contributed by atoms with E-state index in [2.05, 4.69) is 87.5 Å². The van der Waals surface area contributed by atoms with Gasteiger partial charge in [-0.1, -0.05) is 36.4 Å². The van der Waals surface area contributed by atoms with Crippen molar-refractivity contribution in [3.63, 3.8) is 0 Å². The van der Waals surface area contributed by atoms with Crippen LogP contribution in [0.25, 0.3) is 0 Å². The average Bonchev–Trinajstić information content (AvgIpc) is 2.84. The van der Waals surface area contributed by atoms with Crippen molar-refractivity contribution in [3.05, 3.63) is 89.5 Å². The summed E-state index contributed by atoms with van der Waals surface area (Å²) in [6, 6.07) is 24.8. The molecular formula is C27H36BN3O3. The summed E-state index contributed by atoms with van der Waals surface area (Å²) in [6.45, 7) is 1.20. The van der Waals surface area contributed by atoms with E-state index >= 15 is 0 Å². The third kappa shape index (κ3) is 7.80. The summed E-state index contributed by atoms with van der Waals surface area (Å²) >= 11 is 0. The lowest BCUT2D eigenvalue weighted by molar-refractivity contribution is 0.0766. The van der Waals surface area contributed by atoms with Crippen LogP contribution in [-0.4, -0.2) is 49.6 Å². The number of benzene rings is 3. The van der Waals surface area contributed by atoms with Gasteiger partial charge in [-0.2, -0.15) is 0 Å². The van der Waals surface area contributed by atoms with Crippen molar-refractivity contribution in [1.82, 2.24) is 0 Å². The fourth-order valence-corrected chi connectivity index (χ4v) is 3.31. The molecule has 34 heavy (non-hydrogen) atoms. The van der Waals surface area contributed by atoms with E-state index in [9.17, 15) is 0 Å². The molecule has 0 radical (unpaired) electrons. The Morgan fingerprint density at radius 2 is 0.676 bits per heavy atom. The summed E-state index contributed by atoms with van der Waals surface area (Å²) in [4.78, 5) is 6.22. The van der Waals surface area contributed by atoms with Gasteiger partial charge in [-0.15, -0.1) is 0 Å². The zero-order chi connectivity index (χ0) is 24.5. The Labute approximate surface area is 204 Å². The lowest BCUT2D eigenvalue weighted by Crippen LogP contribution is -2.27. The first-order valence-electron chi connectivity index (χ1n) is 11.5. The second-order valence-corrected chi connectivity index (χ2v) is 8.90. The minimum Gasteiger partial charge on any atom is -0.382 e. The average molecular weight is 461 g/mol. The van der Waals surface area contributed by atoms with Crippen molar-refractivity contribution < 1.29 is 14.0 Å². The van der Waals surface area contributed by atoms with Crippen molar-refractivity contribution in [3.8, 4) is 0 Å². The highest BCUT2D eigenvalue weighted by atomic mass is 16.7. The number of rotatable bonds is 12. The third-order valence-electron chi connectivity index (χ3n) is 5.52. The molecule has 7 heteroatoms. The molecule has 3 aromatic carbocycles. The molecule has 0 spiro atoms. The van der Waals surface area contributed by atoms with Gasteiger partial charge in [0.05, 0.1) is 19.8 Å². The summed E-state index contributed by atoms with van der Waals surface area (Å²) in [5.74, 6) is 0. The molecule has 0 bridgehead atoms. The first-order valence-corrected chi connectivity index (χ1v) is 11.5. The molecule has 180 valence electrons. The molecule has 0 amide bonds. The largest absolute Gasteiger partial charge is 0.640 e. The van der Waals surface area contributed by atoms with Gasteiger partial charge < -0.3 is 28.7 Å². The van der Waals surface area contributed by atoms with Crippen molar-refractivity contribution in [2.45, 2.75) is 19.8 Å². The second-order valence-electron chi connectivity index (χ2n) is 8.90. The van der Waals surface area contributed by atoms with Crippen LogP contribution in [0.1, 0.15) is 16.7 Å². The fraction of sp³-hybridized carbons (Fsp3) is 0.333. The predicted octanol–water partition coefficient (Wildman–Crippen LogP) is 4.82. The van der Waals surface area contributed by atoms with Gasteiger partial charge in [0.25, 0.3) is 0 Å². The van der Waals surface area contributed by atoms with Gasteiger partial charge in [0.15, 0.2) is 0 Å². The molecule has 0 fully saturated rings. The van der Waals surface area contributed by atoms with Gasteiger partial charge in [0, 0.05) is 59.3 Å². The van der Waals surface area contributed by atoms with E-state index in [1.54, 1.807) is 0 Å². The topological polar surface area (TPSA) is 37.4 Å². The molecule has 3 rings (SSSR count). The van der Waals surface area contributed by atoms with Crippen LogP contribution in [-0.2, 0) is 33.8 Å². The van der Waals surface area contributed by atoms with E-state index in [1.807, 2.05) is 42.3 Å². The third-order valence-corrected chi connectivity index (χ3v) is 5.52. The molecule has 0 saturated carbocycles. The van der Waals surface area contributed by atoms with Crippen molar-refractivity contribution in [1.29, 1.82) is 0 Å². The van der Waals surface area contributed by atoms with E-state index in [-0.39, 0.29) is 0 Å². The highest BCUT2D eigenvalue weighted by molar-refractivity contribution is 6.36. The molecule has 0 N–H and O–H groups in total. The van der Waals surface area contributed by atoms with Crippen molar-refractivity contribution in [2.24, 2.45) is 0 Å². The van der Waals surface area contributed by atoms with Crippen LogP contribution >= 0.6 is 0 Å². The summed E-state index contributed by atoms with van der Waals surface area (Å²) in [7, 11) is 11.4. The van der Waals surface area contributed by atoms with Gasteiger partial charge in [-0.05, 0) is 53.1 Å². The van der Waals surface area contributed by atoms with Crippen LogP contribution in [0.15, 0.2) is 72.8 Å². The van der Waals surface area contributed by atoms with Crippen molar-refractivity contribution >= 4 is 24.4 Å². The summed E-state index contributed by atoms with van der Waals surface area (Å²) in [6.07, 6.45) is 0. The maximum atomic E-state index is 6.02. The van der Waals surface area contributed by atoms with E-state index in [0.29, 0.717) is 19.8 Å². The van der Waals surface area contributed by atoms with Crippen LogP contribution in [0.4, 0.5) is 17.1 Å². The molecule has 0 heterocycles. The standard InChI is InChI=1S/C27H36BN3O3/c1-29(2)25-13-7-22(8-14-25)19-32-28(33-20-23-9-15-26(16-10-23)30(3)4)34-21-24-11-17-27(18-12-24)31(5)6/h7-18H,19-21H2,1-6H3. The lowest BCUT2D eigenvalue weighted by Gasteiger charge is -2.17. The minimum absolute atomic E-state index is 0.400. The number of hydrogen-bond donors (Lipinski definition) is 0. The number of hydrogen-bond acceptors (Lipinski definition) is 6. The van der Waals surface area contributed by atoms with E-state index < -0.39 is 7.32 Å². The number of anilines is 3. The smallest absolute Gasteiger partial charge is 0.382 e. The van der Waals surface area contributed by atoms with E-state index in [4.69, 9.17) is 14.0 Å². The van der Waals surface area contributed by atoms with Gasteiger partial charge in [-0.25, -0.2) is 0 Å². The Hall–Kier alpha value is -3.00. The lowest BCUT2D eigenvalue weighted by atomic mass is 10.1. The Morgan fingerprint density at radius 1 is 0.441 bits per heavy atom. The Kier molecular flexibility index (Phi) is 9.39. The molecule has 0 aliphatic rings. The minimum atomic E-state index is -0.782. The number of nitrogens with zero attached hydrogens (tertiary/aromatic N) is 3. The molecule has 0 atom stereocenters. The molecular weight excluding hydrogens is 425 g/mol. The molecule has 0 aliphatic carbocycles. The van der Waals surface area contributed by atoms with Gasteiger partial charge in [0.1, 0.15) is 0 Å². The molecule has 0 unspecified atom stereocenters. The maximum absolute atomic E-state index is 6.02. The zero-order valence-corrected chi connectivity index (χ0v) is 21.2. The first-order chi connectivity index (χ1) is 16.3. The van der Waals surface area contributed by atoms with Crippen LogP contribution in [0.2, 0.25) is 0 Å². The summed E-state index contributed by atoms with van der Waals surface area (Å²) in [5.41, 5.74) is 6.64. The predicted molar refractivity (Wildman–Crippen MR) is 142 cm³/mol. The Morgan fingerprint density at radius 3 is 0.882 bits per heavy atom. The van der Waals surface area contributed by atoms with E-state index in [1.165, 1.54) is 0 Å². The quantitative estimate of drug-likeness (QED) is 0.360. The maximum Gasteiger partial charge on any atom is 0.640 e. The summed E-state index contributed by atoms with van der Waals surface area (Å²) in [5, 5.41) is 0. The first kappa shape index (κ1) is 25.6. The van der Waals surface area contributed by atoms with Gasteiger partial charge in [0.2, 0.25) is 0 Å². The Bertz CT molecular complexity index is 859. The van der Waals surface area contributed by atoms with Crippen LogP contribution < -0.4 is 14.7 Å². The molecule has 0 aliphatic heterocycles. The van der Waals surface area contributed by atoms with Crippen LogP contribution in [0, 0.1) is 0 Å². The zero-order valence-electron chi connectivity index (χ0n) is 21.2. The molecule has 6 nitrogen and oxygen atoms in total. The molecule has 0 saturated heterocycles. The highest BCUT2D eigenvalue weighted by Crippen LogP contribution is 2.17. The van der Waals surface area contributed by atoms with Gasteiger partial charge in [-0.3, -0.25) is 0 Å². The highest BCUT2D eigenvalue weighted by Gasteiger charge is 2.22. The molecule has 3 aromatic rings.